The summed E-state index contributed by atoms with van der Waals surface area (Å²) >= 11 is 0. The van der Waals surface area contributed by atoms with E-state index < -0.39 is 21.6 Å². The summed E-state index contributed by atoms with van der Waals surface area (Å²) < 4.78 is 29.0. The minimum atomic E-state index is -4.15. The largest absolute Gasteiger partial charge is 0.378 e. The molecule has 0 saturated carbocycles. The topological polar surface area (TPSA) is 132 Å². The number of hydrogen-bond donors (Lipinski definition) is 2. The number of ether oxygens (including phenoxy) is 1. The molecule has 9 nitrogen and oxygen atoms in total. The van der Waals surface area contributed by atoms with Gasteiger partial charge in [0.25, 0.3) is 0 Å². The third kappa shape index (κ3) is 3.65. The van der Waals surface area contributed by atoms with E-state index in [0.29, 0.717) is 32.0 Å². The van der Waals surface area contributed by atoms with Gasteiger partial charge < -0.3 is 15.0 Å². The third-order valence-electron chi connectivity index (χ3n) is 4.76. The molecule has 1 aromatic heterocycles. The first-order chi connectivity index (χ1) is 13.9. The molecular weight excluding hydrogens is 396 g/mol. The van der Waals surface area contributed by atoms with Crippen LogP contribution in [0.2, 0.25) is 0 Å². The van der Waals surface area contributed by atoms with Gasteiger partial charge in [-0.3, -0.25) is 14.6 Å². The number of rotatable bonds is 4. The van der Waals surface area contributed by atoms with Gasteiger partial charge in [-0.15, -0.1) is 0 Å². The highest BCUT2D eigenvalue weighted by molar-refractivity contribution is 7.89. The highest BCUT2D eigenvalue weighted by Crippen LogP contribution is 2.31. The monoisotopic (exact) mass is 414 g/mol. The zero-order valence-electron chi connectivity index (χ0n) is 15.3. The quantitative estimate of drug-likeness (QED) is 0.756. The Balaban J connectivity index is 1.70. The van der Waals surface area contributed by atoms with Crippen molar-refractivity contribution >= 4 is 33.0 Å². The number of nitrogens with zero attached hydrogens (tertiary/aromatic N) is 2. The summed E-state index contributed by atoms with van der Waals surface area (Å²) in [6.45, 7) is 2.55. The normalized spacial score (nSPS) is 17.0. The van der Waals surface area contributed by atoms with Crippen molar-refractivity contribution in [2.75, 3.05) is 36.5 Å². The second-order valence-corrected chi connectivity index (χ2v) is 8.12. The first kappa shape index (κ1) is 19.2. The first-order valence-corrected chi connectivity index (χ1v) is 10.4. The zero-order valence-corrected chi connectivity index (χ0v) is 16.1. The average molecular weight is 414 g/mol. The van der Waals surface area contributed by atoms with E-state index >= 15 is 0 Å². The second-order valence-electron chi connectivity index (χ2n) is 6.59. The van der Waals surface area contributed by atoms with E-state index in [-0.39, 0.29) is 21.7 Å². The summed E-state index contributed by atoms with van der Waals surface area (Å²) in [7, 11) is -4.15. The number of primary sulfonamides is 1. The molecule has 2 aromatic rings. The number of ketones is 2. The average Bonchev–Trinajstić information content (AvgIpc) is 2.72. The number of hydrogen-bond acceptors (Lipinski definition) is 8. The van der Waals surface area contributed by atoms with E-state index in [4.69, 9.17) is 9.88 Å². The Morgan fingerprint density at radius 1 is 1.14 bits per heavy atom. The molecule has 0 spiro atoms. The number of fused-ring (bicyclic) bond motifs is 1. The van der Waals surface area contributed by atoms with Crippen LogP contribution in [0.4, 0.5) is 11.4 Å². The maximum absolute atomic E-state index is 13.0. The van der Waals surface area contributed by atoms with Gasteiger partial charge in [-0.05, 0) is 12.1 Å². The number of pyridine rings is 1. The Bertz CT molecular complexity index is 1140. The Labute approximate surface area is 167 Å². The lowest BCUT2D eigenvalue weighted by Crippen LogP contribution is -2.36. The smallest absolute Gasteiger partial charge is 0.238 e. The molecule has 1 aliphatic carbocycles. The molecule has 150 valence electrons. The number of carbonyl (C=O) groups excluding carboxylic acids is 2. The van der Waals surface area contributed by atoms with Gasteiger partial charge >= 0.3 is 0 Å². The van der Waals surface area contributed by atoms with Crippen molar-refractivity contribution in [2.45, 2.75) is 4.90 Å². The summed E-state index contributed by atoms with van der Waals surface area (Å²) in [4.78, 5) is 31.4. The molecule has 1 aromatic carbocycles. The minimum absolute atomic E-state index is 0.0108. The summed E-state index contributed by atoms with van der Waals surface area (Å²) in [6, 6.07) is 5.82. The predicted molar refractivity (Wildman–Crippen MR) is 105 cm³/mol. The van der Waals surface area contributed by atoms with Crippen LogP contribution in [0.5, 0.6) is 0 Å². The molecule has 0 amide bonds. The van der Waals surface area contributed by atoms with Crippen molar-refractivity contribution in [3.05, 3.63) is 59.6 Å². The Morgan fingerprint density at radius 2 is 1.90 bits per heavy atom. The number of benzene rings is 1. The Kier molecular flexibility index (Phi) is 4.91. The number of aromatic nitrogens is 1. The van der Waals surface area contributed by atoms with Gasteiger partial charge in [0.2, 0.25) is 15.8 Å². The molecule has 0 bridgehead atoms. The SMILES string of the molecule is NS(=O)(=O)c1cccc2c1C(=O)C=C(Nc1cnccc1N1CCOCC1)C2=O. The number of nitrogens with one attached hydrogen (secondary N) is 1. The van der Waals surface area contributed by atoms with Gasteiger partial charge in [0.1, 0.15) is 0 Å². The molecule has 10 heteroatoms. The van der Waals surface area contributed by atoms with Gasteiger partial charge in [0, 0.05) is 30.9 Å². The van der Waals surface area contributed by atoms with Crippen molar-refractivity contribution in [3.63, 3.8) is 0 Å². The molecule has 0 atom stereocenters. The molecule has 3 N–H and O–H groups in total. The number of anilines is 2. The van der Waals surface area contributed by atoms with Crippen LogP contribution in [0.25, 0.3) is 0 Å². The minimum Gasteiger partial charge on any atom is -0.378 e. The van der Waals surface area contributed by atoms with E-state index in [1.807, 2.05) is 6.07 Å². The number of sulfonamides is 1. The lowest BCUT2D eigenvalue weighted by molar-refractivity contribution is 0.0983. The zero-order chi connectivity index (χ0) is 20.6. The van der Waals surface area contributed by atoms with E-state index in [0.717, 1.165) is 11.8 Å². The number of allylic oxidation sites excluding steroid dienone is 2. The maximum Gasteiger partial charge on any atom is 0.238 e. The van der Waals surface area contributed by atoms with Crippen molar-refractivity contribution in [1.82, 2.24) is 4.98 Å². The Hall–Kier alpha value is -3.08. The summed E-state index contributed by atoms with van der Waals surface area (Å²) in [5, 5.41) is 8.19. The fraction of sp³-hybridized carbons (Fsp3) is 0.211. The van der Waals surface area contributed by atoms with Gasteiger partial charge in [0.05, 0.1) is 46.9 Å². The molecule has 1 aliphatic heterocycles. The fourth-order valence-corrected chi connectivity index (χ4v) is 4.19. The highest BCUT2D eigenvalue weighted by Gasteiger charge is 2.31. The highest BCUT2D eigenvalue weighted by atomic mass is 32.2. The lowest BCUT2D eigenvalue weighted by Gasteiger charge is -2.30. The molecule has 0 radical (unpaired) electrons. The number of nitrogens with two attached hydrogens (primary N) is 1. The van der Waals surface area contributed by atoms with Crippen LogP contribution >= 0.6 is 0 Å². The standard InChI is InChI=1S/C19H18N4O5S/c20-29(26,27)17-3-1-2-12-18(17)16(24)10-13(19(12)25)22-14-11-21-5-4-15(14)23-6-8-28-9-7-23/h1-5,10-11,22H,6-9H2,(H2,20,26,27). The molecule has 1 saturated heterocycles. The van der Waals surface area contributed by atoms with Crippen LogP contribution in [0, 0.1) is 0 Å². The molecule has 2 aliphatic rings. The van der Waals surface area contributed by atoms with Gasteiger partial charge in [-0.25, -0.2) is 13.6 Å². The predicted octanol–water partition coefficient (Wildman–Crippen LogP) is 0.941. The maximum atomic E-state index is 13.0. The molecule has 4 rings (SSSR count). The van der Waals surface area contributed by atoms with E-state index in [2.05, 4.69) is 15.2 Å². The van der Waals surface area contributed by atoms with Crippen LogP contribution in [-0.4, -0.2) is 51.3 Å². The van der Waals surface area contributed by atoms with E-state index in [1.54, 1.807) is 12.4 Å². The van der Waals surface area contributed by atoms with Crippen LogP contribution in [0.15, 0.2) is 53.3 Å². The van der Waals surface area contributed by atoms with E-state index in [9.17, 15) is 18.0 Å². The molecule has 29 heavy (non-hydrogen) atoms. The van der Waals surface area contributed by atoms with E-state index in [1.165, 1.54) is 18.2 Å². The van der Waals surface area contributed by atoms with Crippen molar-refractivity contribution in [1.29, 1.82) is 0 Å². The first-order valence-electron chi connectivity index (χ1n) is 8.86. The number of Topliss-reactive ketones (excluding diaryl/α,β-unsaturated/α-hetero) is 1. The van der Waals surface area contributed by atoms with Gasteiger partial charge in [-0.2, -0.15) is 0 Å². The van der Waals surface area contributed by atoms with Crippen LogP contribution in [0.3, 0.4) is 0 Å². The Morgan fingerprint density at radius 3 is 2.62 bits per heavy atom. The number of morpholine rings is 1. The molecule has 2 heterocycles. The summed E-state index contributed by atoms with van der Waals surface area (Å²) in [6.07, 6.45) is 4.31. The van der Waals surface area contributed by atoms with Crippen molar-refractivity contribution in [3.8, 4) is 0 Å². The van der Waals surface area contributed by atoms with Crippen LogP contribution in [0.1, 0.15) is 20.7 Å². The molecular formula is C19H18N4O5S. The lowest BCUT2D eigenvalue weighted by atomic mass is 9.92. The number of carbonyl (C=O) groups is 2. The molecule has 0 unspecified atom stereocenters. The van der Waals surface area contributed by atoms with Crippen LogP contribution in [-0.2, 0) is 14.8 Å². The van der Waals surface area contributed by atoms with Crippen molar-refractivity contribution in [2.24, 2.45) is 5.14 Å². The summed E-state index contributed by atoms with van der Waals surface area (Å²) in [5.74, 6) is -1.11. The second kappa shape index (κ2) is 7.39. The third-order valence-corrected chi connectivity index (χ3v) is 5.72. The summed E-state index contributed by atoms with van der Waals surface area (Å²) in [5.41, 5.74) is 1.21. The van der Waals surface area contributed by atoms with Gasteiger partial charge in [-0.1, -0.05) is 12.1 Å². The fourth-order valence-electron chi connectivity index (χ4n) is 3.43. The molecule has 1 fully saturated rings. The van der Waals surface area contributed by atoms with Gasteiger partial charge in [0.15, 0.2) is 5.78 Å². The van der Waals surface area contributed by atoms with Crippen LogP contribution < -0.4 is 15.4 Å². The van der Waals surface area contributed by atoms with Crippen molar-refractivity contribution < 1.29 is 22.7 Å².